The average molecular weight is 262 g/mol. The van der Waals surface area contributed by atoms with Crippen molar-refractivity contribution in [2.45, 2.75) is 25.0 Å². The number of hydrogen-bond donors (Lipinski definition) is 1. The first-order valence-electron chi connectivity index (χ1n) is 5.23. The van der Waals surface area contributed by atoms with E-state index >= 15 is 0 Å². The summed E-state index contributed by atoms with van der Waals surface area (Å²) in [5.74, 6) is 0.784. The normalized spacial score (nSPS) is 11.4. The van der Waals surface area contributed by atoms with Crippen LogP contribution in [0.5, 0.6) is 0 Å². The molecule has 0 spiro atoms. The molecule has 0 aliphatic rings. The van der Waals surface area contributed by atoms with Crippen molar-refractivity contribution in [1.29, 1.82) is 0 Å². The average Bonchev–Trinajstić information content (AvgIpc) is 2.73. The van der Waals surface area contributed by atoms with Crippen LogP contribution in [0.25, 0.3) is 0 Å². The minimum atomic E-state index is 0.784. The fourth-order valence-electron chi connectivity index (χ4n) is 1.09. The van der Waals surface area contributed by atoms with Crippen LogP contribution in [0.2, 0.25) is 0 Å². The standard InChI is InChI=1S/C9H16ClN5S/c1-2-5-11-6-7-15-9(12-13-14-15)16-8-3-4-10/h3-4,11H,2,5-8H2,1H3. The second-order valence-corrected chi connectivity index (χ2v) is 4.35. The molecule has 0 atom stereocenters. The third-order valence-electron chi connectivity index (χ3n) is 1.82. The molecule has 7 heteroatoms. The summed E-state index contributed by atoms with van der Waals surface area (Å²) in [6.45, 7) is 4.85. The van der Waals surface area contributed by atoms with Crippen molar-refractivity contribution in [3.63, 3.8) is 0 Å². The summed E-state index contributed by atoms with van der Waals surface area (Å²) >= 11 is 7.01. The Bertz CT molecular complexity index is 315. The van der Waals surface area contributed by atoms with Gasteiger partial charge in [-0.1, -0.05) is 36.4 Å². The van der Waals surface area contributed by atoms with E-state index < -0.39 is 0 Å². The minimum absolute atomic E-state index is 0.784. The number of aromatic nitrogens is 4. The van der Waals surface area contributed by atoms with E-state index in [9.17, 15) is 0 Å². The summed E-state index contributed by atoms with van der Waals surface area (Å²) in [6.07, 6.45) is 3.00. The van der Waals surface area contributed by atoms with E-state index in [0.717, 1.165) is 37.0 Å². The number of nitrogens with one attached hydrogen (secondary N) is 1. The van der Waals surface area contributed by atoms with Gasteiger partial charge in [0.15, 0.2) is 0 Å². The molecule has 1 rings (SSSR count). The molecule has 0 aliphatic heterocycles. The fraction of sp³-hybridized carbons (Fsp3) is 0.667. The summed E-state index contributed by atoms with van der Waals surface area (Å²) in [5, 5.41) is 15.7. The number of tetrazole rings is 1. The van der Waals surface area contributed by atoms with E-state index in [1.165, 1.54) is 5.54 Å². The number of nitrogens with zero attached hydrogens (tertiary/aromatic N) is 4. The molecule has 0 aromatic carbocycles. The lowest BCUT2D eigenvalue weighted by molar-refractivity contribution is 0.511. The maximum atomic E-state index is 5.44. The zero-order valence-corrected chi connectivity index (χ0v) is 10.8. The van der Waals surface area contributed by atoms with Crippen LogP contribution in [0, 0.1) is 0 Å². The van der Waals surface area contributed by atoms with Gasteiger partial charge in [0, 0.05) is 17.8 Å². The molecular formula is C9H16ClN5S. The van der Waals surface area contributed by atoms with Crippen molar-refractivity contribution in [1.82, 2.24) is 25.5 Å². The van der Waals surface area contributed by atoms with Crippen LogP contribution in [-0.4, -0.2) is 39.0 Å². The van der Waals surface area contributed by atoms with Gasteiger partial charge in [0.05, 0.1) is 6.54 Å². The number of hydrogen-bond acceptors (Lipinski definition) is 5. The van der Waals surface area contributed by atoms with Crippen molar-refractivity contribution in [2.24, 2.45) is 0 Å². The Kier molecular flexibility index (Phi) is 7.20. The summed E-state index contributed by atoms with van der Waals surface area (Å²) in [7, 11) is 0. The predicted octanol–water partition coefficient (Wildman–Crippen LogP) is 1.52. The van der Waals surface area contributed by atoms with Crippen LogP contribution in [0.3, 0.4) is 0 Å². The van der Waals surface area contributed by atoms with E-state index in [1.807, 2.05) is 6.08 Å². The van der Waals surface area contributed by atoms with Gasteiger partial charge in [-0.3, -0.25) is 0 Å². The van der Waals surface area contributed by atoms with Crippen LogP contribution >= 0.6 is 23.4 Å². The maximum absolute atomic E-state index is 5.44. The first kappa shape index (κ1) is 13.5. The van der Waals surface area contributed by atoms with Crippen molar-refractivity contribution < 1.29 is 0 Å². The molecule has 0 unspecified atom stereocenters. The Balaban J connectivity index is 2.32. The highest BCUT2D eigenvalue weighted by molar-refractivity contribution is 7.99. The van der Waals surface area contributed by atoms with Crippen LogP contribution in [0.15, 0.2) is 16.8 Å². The molecule has 0 saturated heterocycles. The predicted molar refractivity (Wildman–Crippen MR) is 66.7 cm³/mol. The summed E-state index contributed by atoms with van der Waals surface area (Å²) in [6, 6.07) is 0. The van der Waals surface area contributed by atoms with E-state index in [1.54, 1.807) is 16.4 Å². The Morgan fingerprint density at radius 2 is 2.38 bits per heavy atom. The van der Waals surface area contributed by atoms with Crippen molar-refractivity contribution in [3.8, 4) is 0 Å². The van der Waals surface area contributed by atoms with Crippen LogP contribution in [0.1, 0.15) is 13.3 Å². The Morgan fingerprint density at radius 3 is 3.12 bits per heavy atom. The summed E-state index contributed by atoms with van der Waals surface area (Å²) < 4.78 is 1.80. The molecule has 0 radical (unpaired) electrons. The second kappa shape index (κ2) is 8.55. The highest BCUT2D eigenvalue weighted by atomic mass is 35.5. The summed E-state index contributed by atoms with van der Waals surface area (Å²) in [5.41, 5.74) is 1.50. The first-order valence-corrected chi connectivity index (χ1v) is 6.65. The molecule has 0 bridgehead atoms. The van der Waals surface area contributed by atoms with Gasteiger partial charge >= 0.3 is 0 Å². The summed E-state index contributed by atoms with van der Waals surface area (Å²) in [4.78, 5) is 0. The van der Waals surface area contributed by atoms with Gasteiger partial charge in [0.1, 0.15) is 0 Å². The SMILES string of the molecule is CCCNCCn1nnnc1SCC=CCl. The smallest absolute Gasteiger partial charge is 0.209 e. The van der Waals surface area contributed by atoms with E-state index in [4.69, 9.17) is 11.6 Å². The Labute approximate surface area is 105 Å². The largest absolute Gasteiger partial charge is 0.315 e. The van der Waals surface area contributed by atoms with Crippen LogP contribution < -0.4 is 5.32 Å². The number of rotatable bonds is 8. The maximum Gasteiger partial charge on any atom is 0.209 e. The lowest BCUT2D eigenvalue weighted by atomic mass is 10.5. The molecule has 0 fully saturated rings. The van der Waals surface area contributed by atoms with Crippen LogP contribution in [0.4, 0.5) is 0 Å². The third kappa shape index (κ3) is 4.96. The highest BCUT2D eigenvalue weighted by Gasteiger charge is 2.04. The molecule has 16 heavy (non-hydrogen) atoms. The molecular weight excluding hydrogens is 246 g/mol. The van der Waals surface area contributed by atoms with Crippen LogP contribution in [-0.2, 0) is 6.54 Å². The Hall–Kier alpha value is -0.590. The zero-order valence-electron chi connectivity index (χ0n) is 9.27. The molecule has 0 amide bonds. The zero-order chi connectivity index (χ0) is 11.6. The van der Waals surface area contributed by atoms with E-state index in [2.05, 4.69) is 27.8 Å². The van der Waals surface area contributed by atoms with Gasteiger partial charge in [-0.2, -0.15) is 0 Å². The lowest BCUT2D eigenvalue weighted by Crippen LogP contribution is -2.21. The molecule has 0 aliphatic carbocycles. The molecule has 1 N–H and O–H groups in total. The molecule has 0 saturated carbocycles. The number of halogens is 1. The topological polar surface area (TPSA) is 55.6 Å². The van der Waals surface area contributed by atoms with Crippen molar-refractivity contribution in [2.75, 3.05) is 18.8 Å². The first-order chi connectivity index (χ1) is 7.88. The van der Waals surface area contributed by atoms with Crippen molar-refractivity contribution in [3.05, 3.63) is 11.6 Å². The van der Waals surface area contributed by atoms with Gasteiger partial charge in [0.25, 0.3) is 0 Å². The van der Waals surface area contributed by atoms with Gasteiger partial charge in [-0.25, -0.2) is 4.68 Å². The van der Waals surface area contributed by atoms with Gasteiger partial charge in [0.2, 0.25) is 5.16 Å². The number of thioether (sulfide) groups is 1. The minimum Gasteiger partial charge on any atom is -0.315 e. The molecule has 5 nitrogen and oxygen atoms in total. The lowest BCUT2D eigenvalue weighted by Gasteiger charge is -2.04. The van der Waals surface area contributed by atoms with Gasteiger partial charge < -0.3 is 5.32 Å². The fourth-order valence-corrected chi connectivity index (χ4v) is 1.99. The van der Waals surface area contributed by atoms with Crippen molar-refractivity contribution >= 4 is 23.4 Å². The molecule has 1 aromatic rings. The third-order valence-corrected chi connectivity index (χ3v) is 2.91. The van der Waals surface area contributed by atoms with Gasteiger partial charge in [-0.05, 0) is 23.4 Å². The molecule has 90 valence electrons. The monoisotopic (exact) mass is 261 g/mol. The quantitative estimate of drug-likeness (QED) is 0.568. The molecule has 1 aromatic heterocycles. The highest BCUT2D eigenvalue weighted by Crippen LogP contribution is 2.13. The second-order valence-electron chi connectivity index (χ2n) is 3.11. The van der Waals surface area contributed by atoms with E-state index in [-0.39, 0.29) is 0 Å². The molecule has 1 heterocycles. The Morgan fingerprint density at radius 1 is 1.50 bits per heavy atom. The van der Waals surface area contributed by atoms with Gasteiger partial charge in [-0.15, -0.1) is 5.10 Å². The van der Waals surface area contributed by atoms with E-state index in [0.29, 0.717) is 0 Å².